The third kappa shape index (κ3) is 4.37. The van der Waals surface area contributed by atoms with Gasteiger partial charge in [-0.25, -0.2) is 4.39 Å². The van der Waals surface area contributed by atoms with E-state index in [1.165, 1.54) is 30.5 Å². The summed E-state index contributed by atoms with van der Waals surface area (Å²) in [5, 5.41) is 5.03. The minimum atomic E-state index is -0.580. The van der Waals surface area contributed by atoms with E-state index in [2.05, 4.69) is 22.2 Å². The maximum absolute atomic E-state index is 13.1. The number of benzene rings is 1. The maximum atomic E-state index is 13.1. The smallest absolute Gasteiger partial charge is 0.274 e. The number of nitrogens with one attached hydrogen (secondary N) is 2. The van der Waals surface area contributed by atoms with Crippen LogP contribution < -0.4 is 10.6 Å². The van der Waals surface area contributed by atoms with Gasteiger partial charge in [0.25, 0.3) is 11.8 Å². The van der Waals surface area contributed by atoms with E-state index in [0.717, 1.165) is 6.07 Å². The van der Waals surface area contributed by atoms with Gasteiger partial charge in [0.1, 0.15) is 11.5 Å². The van der Waals surface area contributed by atoms with E-state index in [9.17, 15) is 14.0 Å². The Morgan fingerprint density at radius 1 is 1.26 bits per heavy atom. The molecule has 23 heavy (non-hydrogen) atoms. The standard InChI is InChI=1S/C16H13ClFN3O2/c1-2-6-20-15(22)10-5-7-19-14(8-10)16(23)21-11-3-4-13(18)12(17)9-11/h2-5,7-9H,1,6H2,(H,20,22)(H,21,23). The second-order valence-corrected chi connectivity index (χ2v) is 4.92. The number of nitrogens with zero attached hydrogens (tertiary/aromatic N) is 1. The molecule has 0 unspecified atom stereocenters. The van der Waals surface area contributed by atoms with E-state index < -0.39 is 11.7 Å². The Morgan fingerprint density at radius 3 is 2.74 bits per heavy atom. The first kappa shape index (κ1) is 16.6. The zero-order valence-corrected chi connectivity index (χ0v) is 12.7. The zero-order chi connectivity index (χ0) is 16.8. The predicted molar refractivity (Wildman–Crippen MR) is 86.1 cm³/mol. The van der Waals surface area contributed by atoms with Gasteiger partial charge in [-0.2, -0.15) is 0 Å². The monoisotopic (exact) mass is 333 g/mol. The fraction of sp³-hybridized carbons (Fsp3) is 0.0625. The van der Waals surface area contributed by atoms with Gasteiger partial charge in [0.15, 0.2) is 0 Å². The number of amides is 2. The molecule has 0 spiro atoms. The Hall–Kier alpha value is -2.73. The van der Waals surface area contributed by atoms with Crippen LogP contribution in [0.4, 0.5) is 10.1 Å². The summed E-state index contributed by atoms with van der Waals surface area (Å²) in [5.41, 5.74) is 0.672. The predicted octanol–water partition coefficient (Wildman–Crippen LogP) is 3.04. The summed E-state index contributed by atoms with van der Waals surface area (Å²) in [7, 11) is 0. The van der Waals surface area contributed by atoms with Gasteiger partial charge in [-0.1, -0.05) is 17.7 Å². The second kappa shape index (κ2) is 7.51. The lowest BCUT2D eigenvalue weighted by Crippen LogP contribution is -2.24. The number of halogens is 2. The van der Waals surface area contributed by atoms with Gasteiger partial charge in [0.05, 0.1) is 5.02 Å². The third-order valence-electron chi connectivity index (χ3n) is 2.84. The van der Waals surface area contributed by atoms with Crippen molar-refractivity contribution in [2.24, 2.45) is 0 Å². The van der Waals surface area contributed by atoms with Crippen LogP contribution in [0, 0.1) is 5.82 Å². The minimum Gasteiger partial charge on any atom is -0.349 e. The van der Waals surface area contributed by atoms with Crippen molar-refractivity contribution >= 4 is 29.1 Å². The molecule has 0 aliphatic carbocycles. The molecule has 0 aliphatic rings. The number of hydrogen-bond donors (Lipinski definition) is 2. The first-order valence-corrected chi connectivity index (χ1v) is 7.00. The summed E-state index contributed by atoms with van der Waals surface area (Å²) in [6.45, 7) is 3.82. The van der Waals surface area contributed by atoms with E-state index in [1.54, 1.807) is 6.08 Å². The fourth-order valence-electron chi connectivity index (χ4n) is 1.73. The number of rotatable bonds is 5. The van der Waals surface area contributed by atoms with Crippen LogP contribution in [-0.4, -0.2) is 23.3 Å². The van der Waals surface area contributed by atoms with Gasteiger partial charge in [0.2, 0.25) is 0 Å². The Labute approximate surface area is 137 Å². The van der Waals surface area contributed by atoms with E-state index in [0.29, 0.717) is 17.8 Å². The van der Waals surface area contributed by atoms with Crippen molar-refractivity contribution in [1.82, 2.24) is 10.3 Å². The quantitative estimate of drug-likeness (QED) is 0.826. The highest BCUT2D eigenvalue weighted by Gasteiger charge is 2.12. The minimum absolute atomic E-state index is 0.0525. The largest absolute Gasteiger partial charge is 0.349 e. The number of anilines is 1. The van der Waals surface area contributed by atoms with Crippen molar-refractivity contribution in [3.8, 4) is 0 Å². The van der Waals surface area contributed by atoms with Crippen LogP contribution in [0.2, 0.25) is 5.02 Å². The molecule has 0 saturated heterocycles. The molecule has 0 radical (unpaired) electrons. The molecule has 2 rings (SSSR count). The summed E-state index contributed by atoms with van der Waals surface area (Å²) in [4.78, 5) is 27.9. The number of carbonyl (C=O) groups excluding carboxylic acids is 2. The average molecular weight is 334 g/mol. The molecule has 0 aliphatic heterocycles. The SMILES string of the molecule is C=CCNC(=O)c1ccnc(C(=O)Nc2ccc(F)c(Cl)c2)c1. The van der Waals surface area contributed by atoms with Gasteiger partial charge in [0, 0.05) is 24.0 Å². The van der Waals surface area contributed by atoms with Gasteiger partial charge >= 0.3 is 0 Å². The Morgan fingerprint density at radius 2 is 2.04 bits per heavy atom. The molecule has 1 aromatic carbocycles. The van der Waals surface area contributed by atoms with Crippen molar-refractivity contribution in [3.63, 3.8) is 0 Å². The molecule has 2 aromatic rings. The molecule has 2 amide bonds. The van der Waals surface area contributed by atoms with Crippen molar-refractivity contribution < 1.29 is 14.0 Å². The summed E-state index contributed by atoms with van der Waals surface area (Å²) < 4.78 is 13.1. The van der Waals surface area contributed by atoms with Crippen LogP contribution in [0.15, 0.2) is 49.2 Å². The Kier molecular flexibility index (Phi) is 5.43. The molecule has 0 saturated carbocycles. The number of carbonyl (C=O) groups is 2. The highest BCUT2D eigenvalue weighted by atomic mass is 35.5. The van der Waals surface area contributed by atoms with E-state index in [-0.39, 0.29) is 16.6 Å². The summed E-state index contributed by atoms with van der Waals surface area (Å²) in [5.74, 6) is -1.46. The first-order valence-electron chi connectivity index (χ1n) is 6.63. The molecule has 1 aromatic heterocycles. The highest BCUT2D eigenvalue weighted by molar-refractivity contribution is 6.31. The van der Waals surface area contributed by atoms with Crippen LogP contribution in [-0.2, 0) is 0 Å². The molecule has 7 heteroatoms. The topological polar surface area (TPSA) is 71.1 Å². The molecule has 1 heterocycles. The summed E-state index contributed by atoms with van der Waals surface area (Å²) in [6, 6.07) is 6.66. The van der Waals surface area contributed by atoms with Crippen molar-refractivity contribution in [1.29, 1.82) is 0 Å². The molecular weight excluding hydrogens is 321 g/mol. The first-order chi connectivity index (χ1) is 11.0. The van der Waals surface area contributed by atoms with Crippen LogP contribution in [0.5, 0.6) is 0 Å². The summed E-state index contributed by atoms with van der Waals surface area (Å²) in [6.07, 6.45) is 2.90. The van der Waals surface area contributed by atoms with E-state index >= 15 is 0 Å². The Balaban J connectivity index is 2.14. The van der Waals surface area contributed by atoms with Crippen LogP contribution >= 0.6 is 11.6 Å². The van der Waals surface area contributed by atoms with Crippen molar-refractivity contribution in [3.05, 3.63) is 71.3 Å². The van der Waals surface area contributed by atoms with Crippen LogP contribution in [0.3, 0.4) is 0 Å². The van der Waals surface area contributed by atoms with E-state index in [4.69, 9.17) is 11.6 Å². The van der Waals surface area contributed by atoms with Gasteiger partial charge < -0.3 is 10.6 Å². The molecule has 0 fully saturated rings. The summed E-state index contributed by atoms with van der Waals surface area (Å²) >= 11 is 5.66. The number of aromatic nitrogens is 1. The lowest BCUT2D eigenvalue weighted by Gasteiger charge is -2.07. The lowest BCUT2D eigenvalue weighted by molar-refractivity contribution is 0.0958. The Bertz CT molecular complexity index is 765. The molecule has 2 N–H and O–H groups in total. The molecule has 5 nitrogen and oxygen atoms in total. The van der Waals surface area contributed by atoms with Crippen LogP contribution in [0.1, 0.15) is 20.8 Å². The van der Waals surface area contributed by atoms with Gasteiger partial charge in [-0.05, 0) is 30.3 Å². The molecule has 0 bridgehead atoms. The normalized spacial score (nSPS) is 10.0. The van der Waals surface area contributed by atoms with Crippen molar-refractivity contribution in [2.75, 3.05) is 11.9 Å². The third-order valence-corrected chi connectivity index (χ3v) is 3.13. The van der Waals surface area contributed by atoms with Crippen molar-refractivity contribution in [2.45, 2.75) is 0 Å². The van der Waals surface area contributed by atoms with Gasteiger partial charge in [-0.3, -0.25) is 14.6 Å². The average Bonchev–Trinajstić information content (AvgIpc) is 2.56. The fourth-order valence-corrected chi connectivity index (χ4v) is 1.91. The lowest BCUT2D eigenvalue weighted by atomic mass is 10.2. The second-order valence-electron chi connectivity index (χ2n) is 4.51. The van der Waals surface area contributed by atoms with Gasteiger partial charge in [-0.15, -0.1) is 6.58 Å². The van der Waals surface area contributed by atoms with Crippen LogP contribution in [0.25, 0.3) is 0 Å². The van der Waals surface area contributed by atoms with E-state index in [1.807, 2.05) is 0 Å². The molecular formula is C16H13ClFN3O2. The zero-order valence-electron chi connectivity index (χ0n) is 12.0. The number of pyridine rings is 1. The molecule has 118 valence electrons. The molecule has 0 atom stereocenters. The maximum Gasteiger partial charge on any atom is 0.274 e. The highest BCUT2D eigenvalue weighted by Crippen LogP contribution is 2.19. The number of hydrogen-bond acceptors (Lipinski definition) is 3.